The highest BCUT2D eigenvalue weighted by Gasteiger charge is 2.21. The summed E-state index contributed by atoms with van der Waals surface area (Å²) in [6, 6.07) is 0. The average molecular weight is 275 g/mol. The maximum absolute atomic E-state index is 5.52. The first-order valence-corrected chi connectivity index (χ1v) is 7.42. The Balaban J connectivity index is 1.74. The van der Waals surface area contributed by atoms with E-state index in [9.17, 15) is 0 Å². The van der Waals surface area contributed by atoms with E-state index < -0.39 is 0 Å². The van der Waals surface area contributed by atoms with Crippen molar-refractivity contribution in [2.75, 3.05) is 6.54 Å². The minimum Gasteiger partial charge on any atom is -0.335 e. The molecule has 1 fully saturated rings. The van der Waals surface area contributed by atoms with E-state index in [-0.39, 0.29) is 0 Å². The highest BCUT2D eigenvalue weighted by Crippen LogP contribution is 2.30. The fourth-order valence-electron chi connectivity index (χ4n) is 2.78. The first-order valence-electron chi connectivity index (χ1n) is 7.42. The number of hydrogen-bond donors (Lipinski definition) is 1. The number of nitrogens with two attached hydrogens (primary N) is 1. The molecule has 0 saturated heterocycles. The summed E-state index contributed by atoms with van der Waals surface area (Å²) in [5.41, 5.74) is 6.25. The van der Waals surface area contributed by atoms with Gasteiger partial charge in [0.2, 0.25) is 0 Å². The van der Waals surface area contributed by atoms with Crippen LogP contribution in [0.4, 0.5) is 0 Å². The molecule has 2 N–H and O–H groups in total. The SMILES string of the molecule is NCCn1cnc(-c2nc(C3CCCCCC3)no2)c1. The zero-order chi connectivity index (χ0) is 13.8. The van der Waals surface area contributed by atoms with Crippen molar-refractivity contribution in [3.63, 3.8) is 0 Å². The molecule has 0 unspecified atom stereocenters. The lowest BCUT2D eigenvalue weighted by Crippen LogP contribution is -2.07. The Morgan fingerprint density at radius 3 is 2.80 bits per heavy atom. The molecule has 6 heteroatoms. The molecule has 0 aromatic carbocycles. The summed E-state index contributed by atoms with van der Waals surface area (Å²) in [6.07, 6.45) is 11.2. The minimum atomic E-state index is 0.445. The Labute approximate surface area is 118 Å². The lowest BCUT2D eigenvalue weighted by molar-refractivity contribution is 0.409. The van der Waals surface area contributed by atoms with E-state index >= 15 is 0 Å². The van der Waals surface area contributed by atoms with Crippen molar-refractivity contribution in [1.29, 1.82) is 0 Å². The van der Waals surface area contributed by atoms with Gasteiger partial charge in [0, 0.05) is 25.2 Å². The van der Waals surface area contributed by atoms with Gasteiger partial charge >= 0.3 is 0 Å². The van der Waals surface area contributed by atoms with Crippen LogP contribution >= 0.6 is 0 Å². The summed E-state index contributed by atoms with van der Waals surface area (Å²) in [6.45, 7) is 1.34. The third-order valence-electron chi connectivity index (χ3n) is 3.90. The second-order valence-corrected chi connectivity index (χ2v) is 5.43. The van der Waals surface area contributed by atoms with Crippen LogP contribution in [0.3, 0.4) is 0 Å². The normalized spacial score (nSPS) is 17.2. The fraction of sp³-hybridized carbons (Fsp3) is 0.643. The van der Waals surface area contributed by atoms with Crippen molar-refractivity contribution in [3.05, 3.63) is 18.3 Å². The van der Waals surface area contributed by atoms with Crippen molar-refractivity contribution in [2.45, 2.75) is 51.0 Å². The monoisotopic (exact) mass is 275 g/mol. The van der Waals surface area contributed by atoms with E-state index in [2.05, 4.69) is 15.1 Å². The molecule has 1 aliphatic rings. The summed E-state index contributed by atoms with van der Waals surface area (Å²) < 4.78 is 7.30. The molecule has 6 nitrogen and oxygen atoms in total. The van der Waals surface area contributed by atoms with Crippen LogP contribution in [0.1, 0.15) is 50.3 Å². The predicted molar refractivity (Wildman–Crippen MR) is 75.0 cm³/mol. The van der Waals surface area contributed by atoms with Gasteiger partial charge in [0.15, 0.2) is 5.82 Å². The van der Waals surface area contributed by atoms with Gasteiger partial charge in [-0.15, -0.1) is 0 Å². The van der Waals surface area contributed by atoms with Crippen LogP contribution in [0.5, 0.6) is 0 Å². The van der Waals surface area contributed by atoms with E-state index in [0.717, 1.165) is 18.1 Å². The quantitative estimate of drug-likeness (QED) is 0.866. The van der Waals surface area contributed by atoms with Crippen LogP contribution in [-0.2, 0) is 6.54 Å². The Morgan fingerprint density at radius 1 is 1.25 bits per heavy atom. The molecule has 1 aliphatic carbocycles. The first-order chi connectivity index (χ1) is 9.86. The zero-order valence-corrected chi connectivity index (χ0v) is 11.7. The van der Waals surface area contributed by atoms with Gasteiger partial charge in [0.05, 0.1) is 6.33 Å². The van der Waals surface area contributed by atoms with Crippen LogP contribution in [-0.4, -0.2) is 26.2 Å². The zero-order valence-electron chi connectivity index (χ0n) is 11.7. The van der Waals surface area contributed by atoms with E-state index in [1.165, 1.54) is 38.5 Å². The van der Waals surface area contributed by atoms with Crippen molar-refractivity contribution in [2.24, 2.45) is 5.73 Å². The molecule has 0 atom stereocenters. The summed E-state index contributed by atoms with van der Waals surface area (Å²) >= 11 is 0. The van der Waals surface area contributed by atoms with Gasteiger partial charge in [-0.3, -0.25) is 0 Å². The van der Waals surface area contributed by atoms with E-state index in [0.29, 0.717) is 18.4 Å². The van der Waals surface area contributed by atoms with Gasteiger partial charge in [0.1, 0.15) is 5.69 Å². The third kappa shape index (κ3) is 2.90. The fourth-order valence-corrected chi connectivity index (χ4v) is 2.78. The van der Waals surface area contributed by atoms with Crippen LogP contribution in [0.2, 0.25) is 0 Å². The highest BCUT2D eigenvalue weighted by molar-refractivity contribution is 5.44. The number of hydrogen-bond acceptors (Lipinski definition) is 5. The molecule has 0 bridgehead atoms. The summed E-state index contributed by atoms with van der Waals surface area (Å²) in [5.74, 6) is 1.80. The molecule has 0 aliphatic heterocycles. The van der Waals surface area contributed by atoms with Gasteiger partial charge in [-0.1, -0.05) is 30.8 Å². The lowest BCUT2D eigenvalue weighted by atomic mass is 10.00. The smallest absolute Gasteiger partial charge is 0.278 e. The highest BCUT2D eigenvalue weighted by atomic mass is 16.5. The number of imidazole rings is 1. The van der Waals surface area contributed by atoms with Crippen LogP contribution in [0.15, 0.2) is 17.0 Å². The maximum atomic E-state index is 5.52. The largest absolute Gasteiger partial charge is 0.335 e. The van der Waals surface area contributed by atoms with Crippen LogP contribution in [0.25, 0.3) is 11.6 Å². The number of nitrogens with zero attached hydrogens (tertiary/aromatic N) is 4. The average Bonchev–Trinajstić information content (AvgIpc) is 3.03. The standard InChI is InChI=1S/C14H21N5O/c15-7-8-19-9-12(16-10-19)14-17-13(18-20-14)11-5-3-1-2-4-6-11/h9-11H,1-8,15H2. The maximum Gasteiger partial charge on any atom is 0.278 e. The van der Waals surface area contributed by atoms with Gasteiger partial charge in [-0.25, -0.2) is 4.98 Å². The third-order valence-corrected chi connectivity index (χ3v) is 3.90. The second kappa shape index (κ2) is 6.17. The topological polar surface area (TPSA) is 82.8 Å². The van der Waals surface area contributed by atoms with E-state index in [1.54, 1.807) is 6.33 Å². The molecule has 20 heavy (non-hydrogen) atoms. The minimum absolute atomic E-state index is 0.445. The molecule has 2 aromatic heterocycles. The van der Waals surface area contributed by atoms with Crippen molar-refractivity contribution >= 4 is 0 Å². The Morgan fingerprint density at radius 2 is 2.05 bits per heavy atom. The summed E-state index contributed by atoms with van der Waals surface area (Å²) in [7, 11) is 0. The second-order valence-electron chi connectivity index (χ2n) is 5.43. The molecule has 2 heterocycles. The van der Waals surface area contributed by atoms with E-state index in [1.807, 2.05) is 10.8 Å². The van der Waals surface area contributed by atoms with E-state index in [4.69, 9.17) is 10.3 Å². The lowest BCUT2D eigenvalue weighted by Gasteiger charge is -2.07. The van der Waals surface area contributed by atoms with Gasteiger partial charge in [-0.05, 0) is 12.8 Å². The molecule has 0 spiro atoms. The molecular formula is C14H21N5O. The molecule has 2 aromatic rings. The molecular weight excluding hydrogens is 254 g/mol. The molecule has 1 saturated carbocycles. The molecule has 0 radical (unpaired) electrons. The van der Waals surface area contributed by atoms with Crippen LogP contribution < -0.4 is 5.73 Å². The summed E-state index contributed by atoms with van der Waals surface area (Å²) in [4.78, 5) is 8.83. The Kier molecular flexibility index (Phi) is 4.11. The Bertz CT molecular complexity index is 539. The first kappa shape index (κ1) is 13.3. The van der Waals surface area contributed by atoms with Crippen molar-refractivity contribution in [1.82, 2.24) is 19.7 Å². The molecule has 108 valence electrons. The van der Waals surface area contributed by atoms with Gasteiger partial charge < -0.3 is 14.8 Å². The number of rotatable bonds is 4. The Hall–Kier alpha value is -1.69. The van der Waals surface area contributed by atoms with Crippen LogP contribution in [0, 0.1) is 0 Å². The number of aromatic nitrogens is 4. The summed E-state index contributed by atoms with van der Waals surface area (Å²) in [5, 5.41) is 4.15. The van der Waals surface area contributed by atoms with Crippen molar-refractivity contribution < 1.29 is 4.52 Å². The van der Waals surface area contributed by atoms with Crippen molar-refractivity contribution in [3.8, 4) is 11.6 Å². The molecule has 0 amide bonds. The molecule has 3 rings (SSSR count). The van der Waals surface area contributed by atoms with Gasteiger partial charge in [0.25, 0.3) is 5.89 Å². The predicted octanol–water partition coefficient (Wildman–Crippen LogP) is 2.33. The van der Waals surface area contributed by atoms with Gasteiger partial charge in [-0.2, -0.15) is 4.98 Å².